The summed E-state index contributed by atoms with van der Waals surface area (Å²) in [5, 5.41) is 4.87. The minimum atomic E-state index is -1.08. The van der Waals surface area contributed by atoms with Crippen LogP contribution in [0, 0.1) is 5.92 Å². The van der Waals surface area contributed by atoms with E-state index in [1.165, 1.54) is 12.1 Å². The summed E-state index contributed by atoms with van der Waals surface area (Å²) < 4.78 is 5.38. The average Bonchev–Trinajstić information content (AvgIpc) is 3.31. The van der Waals surface area contributed by atoms with Crippen molar-refractivity contribution in [2.24, 2.45) is 5.92 Å². The summed E-state index contributed by atoms with van der Waals surface area (Å²) >= 11 is 0. The molecule has 11 nitrogen and oxygen atoms in total. The molecule has 1 aromatic rings. The number of ether oxygens (including phenoxy) is 1. The van der Waals surface area contributed by atoms with E-state index in [9.17, 15) is 28.8 Å². The third-order valence-electron chi connectivity index (χ3n) is 6.15. The molecule has 0 bridgehead atoms. The molecule has 0 saturated carbocycles. The molecule has 4 rings (SSSR count). The van der Waals surface area contributed by atoms with Crippen molar-refractivity contribution < 1.29 is 33.5 Å². The second-order valence-corrected chi connectivity index (χ2v) is 10.0. The van der Waals surface area contributed by atoms with Gasteiger partial charge in [-0.15, -0.1) is 0 Å². The van der Waals surface area contributed by atoms with E-state index in [-0.39, 0.29) is 47.9 Å². The van der Waals surface area contributed by atoms with Crippen LogP contribution in [-0.2, 0) is 19.1 Å². The highest BCUT2D eigenvalue weighted by Crippen LogP contribution is 2.33. The number of rotatable bonds is 4. The quantitative estimate of drug-likeness (QED) is 0.619. The summed E-state index contributed by atoms with van der Waals surface area (Å²) in [5.41, 5.74) is -0.305. The number of anilines is 1. The Kier molecular flexibility index (Phi) is 6.35. The number of fused-ring (bicyclic) bond motifs is 1. The summed E-state index contributed by atoms with van der Waals surface area (Å²) in [5.74, 6) is -2.90. The Labute approximate surface area is 202 Å². The van der Waals surface area contributed by atoms with Crippen LogP contribution >= 0.6 is 0 Å². The highest BCUT2D eigenvalue weighted by atomic mass is 16.6. The molecule has 2 N–H and O–H groups in total. The summed E-state index contributed by atoms with van der Waals surface area (Å²) in [4.78, 5) is 77.3. The Bertz CT molecular complexity index is 1120. The lowest BCUT2D eigenvalue weighted by Crippen LogP contribution is -2.54. The largest absolute Gasteiger partial charge is 0.444 e. The van der Waals surface area contributed by atoms with Crippen LogP contribution in [0.5, 0.6) is 0 Å². The molecule has 2 saturated heterocycles. The zero-order valence-corrected chi connectivity index (χ0v) is 19.9. The van der Waals surface area contributed by atoms with Crippen molar-refractivity contribution in [2.75, 3.05) is 18.4 Å². The number of hydrogen-bond donors (Lipinski definition) is 2. The molecule has 35 heavy (non-hydrogen) atoms. The van der Waals surface area contributed by atoms with Gasteiger partial charge in [0.15, 0.2) is 0 Å². The molecule has 0 spiro atoms. The van der Waals surface area contributed by atoms with Crippen molar-refractivity contribution in [3.05, 3.63) is 29.3 Å². The molecule has 0 aromatic heterocycles. The first kappa shape index (κ1) is 24.4. The van der Waals surface area contributed by atoms with Gasteiger partial charge in [-0.3, -0.25) is 34.2 Å². The smallest absolute Gasteiger partial charge is 0.410 e. The Hall–Kier alpha value is -3.76. The number of likely N-dealkylation sites (tertiary alicyclic amines) is 1. The number of nitrogens with zero attached hydrogens (tertiary/aromatic N) is 2. The first-order valence-corrected chi connectivity index (χ1v) is 11.6. The highest BCUT2D eigenvalue weighted by Gasteiger charge is 2.45. The molecule has 3 aliphatic heterocycles. The van der Waals surface area contributed by atoms with E-state index < -0.39 is 41.4 Å². The average molecular weight is 485 g/mol. The Balaban J connectivity index is 1.42. The Morgan fingerprint density at radius 3 is 2.54 bits per heavy atom. The van der Waals surface area contributed by atoms with Gasteiger partial charge >= 0.3 is 6.09 Å². The van der Waals surface area contributed by atoms with Gasteiger partial charge in [0.25, 0.3) is 11.8 Å². The SMILES string of the molecule is CC(C)(C)OC(=O)N1CC[C@@H](CC(=O)Nc2cccc3c2C(=O)N(C2CCC(=O)NC2=O)C3=O)C1. The second kappa shape index (κ2) is 9.12. The zero-order chi connectivity index (χ0) is 25.5. The number of benzene rings is 1. The fourth-order valence-electron chi connectivity index (χ4n) is 4.57. The van der Waals surface area contributed by atoms with E-state index in [1.54, 1.807) is 31.7 Å². The maximum atomic E-state index is 13.1. The Morgan fingerprint density at radius 1 is 1.11 bits per heavy atom. The normalized spacial score (nSPS) is 22.3. The molecular weight excluding hydrogens is 456 g/mol. The van der Waals surface area contributed by atoms with Gasteiger partial charge in [0.2, 0.25) is 17.7 Å². The molecule has 1 unspecified atom stereocenters. The van der Waals surface area contributed by atoms with Crippen molar-refractivity contribution in [3.8, 4) is 0 Å². The van der Waals surface area contributed by atoms with Crippen molar-refractivity contribution in [1.82, 2.24) is 15.1 Å². The summed E-state index contributed by atoms with van der Waals surface area (Å²) in [6, 6.07) is 3.46. The van der Waals surface area contributed by atoms with E-state index in [0.29, 0.717) is 19.5 Å². The molecule has 186 valence electrons. The van der Waals surface area contributed by atoms with Crippen molar-refractivity contribution >= 4 is 41.3 Å². The maximum absolute atomic E-state index is 13.1. The lowest BCUT2D eigenvalue weighted by atomic mass is 10.0. The maximum Gasteiger partial charge on any atom is 0.410 e. The fourth-order valence-corrected chi connectivity index (χ4v) is 4.57. The van der Waals surface area contributed by atoms with Gasteiger partial charge in [0.1, 0.15) is 11.6 Å². The number of hydrogen-bond acceptors (Lipinski definition) is 7. The van der Waals surface area contributed by atoms with E-state index in [2.05, 4.69) is 10.6 Å². The van der Waals surface area contributed by atoms with E-state index in [0.717, 1.165) is 4.90 Å². The third-order valence-corrected chi connectivity index (χ3v) is 6.15. The molecule has 3 aliphatic rings. The molecule has 1 aromatic carbocycles. The van der Waals surface area contributed by atoms with Gasteiger partial charge in [-0.05, 0) is 51.7 Å². The zero-order valence-electron chi connectivity index (χ0n) is 19.9. The number of piperidine rings is 1. The van der Waals surface area contributed by atoms with Gasteiger partial charge in [0.05, 0.1) is 16.8 Å². The van der Waals surface area contributed by atoms with Crippen LogP contribution in [0.3, 0.4) is 0 Å². The fraction of sp³-hybridized carbons (Fsp3) is 0.500. The molecule has 2 fully saturated rings. The van der Waals surface area contributed by atoms with Crippen LogP contribution in [0.4, 0.5) is 10.5 Å². The summed E-state index contributed by atoms with van der Waals surface area (Å²) in [6.45, 7) is 6.24. The summed E-state index contributed by atoms with van der Waals surface area (Å²) in [7, 11) is 0. The van der Waals surface area contributed by atoms with Crippen LogP contribution in [0.25, 0.3) is 0 Å². The predicted molar refractivity (Wildman–Crippen MR) is 122 cm³/mol. The van der Waals surface area contributed by atoms with E-state index >= 15 is 0 Å². The van der Waals surface area contributed by atoms with Crippen LogP contribution < -0.4 is 10.6 Å². The van der Waals surface area contributed by atoms with Crippen LogP contribution in [0.2, 0.25) is 0 Å². The molecular formula is C24H28N4O7. The topological polar surface area (TPSA) is 142 Å². The predicted octanol–water partition coefficient (Wildman–Crippen LogP) is 1.67. The monoisotopic (exact) mass is 484 g/mol. The molecule has 11 heteroatoms. The minimum Gasteiger partial charge on any atom is -0.444 e. The number of carbonyl (C=O) groups excluding carboxylic acids is 6. The lowest BCUT2D eigenvalue weighted by Gasteiger charge is -2.27. The molecule has 2 atom stereocenters. The van der Waals surface area contributed by atoms with E-state index in [4.69, 9.17) is 4.74 Å². The van der Waals surface area contributed by atoms with Gasteiger partial charge in [-0.25, -0.2) is 4.79 Å². The number of carbonyl (C=O) groups is 6. The van der Waals surface area contributed by atoms with Crippen LogP contribution in [-0.4, -0.2) is 70.2 Å². The van der Waals surface area contributed by atoms with E-state index in [1.807, 2.05) is 0 Å². The van der Waals surface area contributed by atoms with Crippen LogP contribution in [0.15, 0.2) is 18.2 Å². The van der Waals surface area contributed by atoms with Crippen molar-refractivity contribution in [1.29, 1.82) is 0 Å². The standard InChI is InChI=1S/C24H28N4O7/c1-24(2,3)35-23(34)27-10-9-13(12-27)11-18(30)25-15-6-4-5-14-19(15)22(33)28(21(14)32)16-7-8-17(29)26-20(16)31/h4-6,13,16H,7-12H2,1-3H3,(H,25,30)(H,26,29,31)/t13-,16?/m0/s1. The van der Waals surface area contributed by atoms with Gasteiger partial charge in [0, 0.05) is 25.9 Å². The summed E-state index contributed by atoms with van der Waals surface area (Å²) in [6.07, 6.45) is 0.421. The molecule has 6 amide bonds. The molecule has 0 radical (unpaired) electrons. The van der Waals surface area contributed by atoms with Crippen molar-refractivity contribution in [2.45, 2.75) is 58.1 Å². The van der Waals surface area contributed by atoms with Crippen molar-refractivity contribution in [3.63, 3.8) is 0 Å². The number of imide groups is 2. The van der Waals surface area contributed by atoms with Crippen LogP contribution in [0.1, 0.15) is 67.2 Å². The Morgan fingerprint density at radius 2 is 1.86 bits per heavy atom. The van der Waals surface area contributed by atoms with Gasteiger partial charge in [-0.2, -0.15) is 0 Å². The third kappa shape index (κ3) is 5.03. The minimum absolute atomic E-state index is 0.0229. The number of nitrogens with one attached hydrogen (secondary N) is 2. The highest BCUT2D eigenvalue weighted by molar-refractivity contribution is 6.26. The first-order valence-electron chi connectivity index (χ1n) is 11.6. The first-order chi connectivity index (χ1) is 16.4. The molecule has 3 heterocycles. The number of amides is 6. The molecule has 0 aliphatic carbocycles. The van der Waals surface area contributed by atoms with Gasteiger partial charge < -0.3 is 15.0 Å². The lowest BCUT2D eigenvalue weighted by molar-refractivity contribution is -0.136. The van der Waals surface area contributed by atoms with Gasteiger partial charge in [-0.1, -0.05) is 6.07 Å². The second-order valence-electron chi connectivity index (χ2n) is 10.0.